The molecule has 1 aliphatic rings. The average Bonchev–Trinajstić information content (AvgIpc) is 2.80. The molecule has 1 aliphatic heterocycles. The summed E-state index contributed by atoms with van der Waals surface area (Å²) in [5.41, 5.74) is 2.00. The number of β-amino-alcohol motifs (C(OH)–C–C–N with tert-alkyl or cyclic N) is 1. The third-order valence-corrected chi connectivity index (χ3v) is 3.34. The van der Waals surface area contributed by atoms with E-state index in [2.05, 4.69) is 0 Å². The molecule has 0 bridgehead atoms. The van der Waals surface area contributed by atoms with E-state index >= 15 is 0 Å². The fourth-order valence-electron chi connectivity index (χ4n) is 2.23. The molecular weight excluding hydrogens is 258 g/mol. The second kappa shape index (κ2) is 5.88. The largest absolute Gasteiger partial charge is 0.480 e. The summed E-state index contributed by atoms with van der Waals surface area (Å²) in [6.07, 6.45) is 2.30. The van der Waals surface area contributed by atoms with Crippen molar-refractivity contribution in [2.75, 3.05) is 6.54 Å². The number of aryl methyl sites for hydroxylation is 1. The number of carboxylic acid groups (broad SMARTS) is 1. The molecule has 1 fully saturated rings. The maximum absolute atomic E-state index is 12.0. The van der Waals surface area contributed by atoms with Gasteiger partial charge in [0, 0.05) is 19.0 Å². The van der Waals surface area contributed by atoms with Gasteiger partial charge in [-0.05, 0) is 18.6 Å². The van der Waals surface area contributed by atoms with E-state index < -0.39 is 24.0 Å². The molecule has 1 amide bonds. The van der Waals surface area contributed by atoms with Crippen molar-refractivity contribution in [2.24, 2.45) is 0 Å². The van der Waals surface area contributed by atoms with Crippen molar-refractivity contribution in [3.05, 3.63) is 41.5 Å². The molecule has 5 nitrogen and oxygen atoms in total. The van der Waals surface area contributed by atoms with Crippen molar-refractivity contribution in [1.29, 1.82) is 0 Å². The third-order valence-electron chi connectivity index (χ3n) is 3.34. The van der Waals surface area contributed by atoms with Gasteiger partial charge in [-0.3, -0.25) is 4.79 Å². The maximum atomic E-state index is 12.0. The molecule has 0 saturated carbocycles. The SMILES string of the molecule is Cc1ccc(/C=C/C(=O)N2CC(O)C[C@H]2C(=O)O)cc1. The number of carbonyl (C=O) groups excluding carboxylic acids is 1. The van der Waals surface area contributed by atoms with Gasteiger partial charge in [-0.1, -0.05) is 29.8 Å². The standard InChI is InChI=1S/C15H17NO4/c1-10-2-4-11(5-3-10)6-7-14(18)16-9-12(17)8-13(16)15(19)20/h2-7,12-13,17H,8-9H2,1H3,(H,19,20)/b7-6+/t12?,13-/m0/s1. The van der Waals surface area contributed by atoms with Crippen LogP contribution in [0.25, 0.3) is 6.08 Å². The summed E-state index contributed by atoms with van der Waals surface area (Å²) in [6.45, 7) is 2.04. The van der Waals surface area contributed by atoms with Crippen LogP contribution in [0.1, 0.15) is 17.5 Å². The van der Waals surface area contributed by atoms with Crippen molar-refractivity contribution in [1.82, 2.24) is 4.90 Å². The molecule has 2 rings (SSSR count). The van der Waals surface area contributed by atoms with Gasteiger partial charge in [0.25, 0.3) is 0 Å². The zero-order valence-corrected chi connectivity index (χ0v) is 11.2. The van der Waals surface area contributed by atoms with Crippen LogP contribution in [0.3, 0.4) is 0 Å². The third kappa shape index (κ3) is 3.24. The number of amides is 1. The van der Waals surface area contributed by atoms with E-state index in [1.807, 2.05) is 31.2 Å². The van der Waals surface area contributed by atoms with Gasteiger partial charge in [-0.2, -0.15) is 0 Å². The number of carbonyl (C=O) groups is 2. The van der Waals surface area contributed by atoms with Crippen molar-refractivity contribution in [3.8, 4) is 0 Å². The number of hydrogen-bond donors (Lipinski definition) is 2. The normalized spacial score (nSPS) is 22.4. The van der Waals surface area contributed by atoms with Gasteiger partial charge >= 0.3 is 5.97 Å². The minimum absolute atomic E-state index is 0.0635. The van der Waals surface area contributed by atoms with Crippen LogP contribution in [0.2, 0.25) is 0 Å². The Bertz CT molecular complexity index is 535. The summed E-state index contributed by atoms with van der Waals surface area (Å²) in [5, 5.41) is 18.5. The molecule has 2 N–H and O–H groups in total. The van der Waals surface area contributed by atoms with Crippen LogP contribution in [-0.2, 0) is 9.59 Å². The first-order valence-corrected chi connectivity index (χ1v) is 6.43. The highest BCUT2D eigenvalue weighted by atomic mass is 16.4. The highest BCUT2D eigenvalue weighted by molar-refractivity contribution is 5.94. The van der Waals surface area contributed by atoms with E-state index in [1.165, 1.54) is 11.0 Å². The molecule has 1 aromatic rings. The Hall–Kier alpha value is -2.14. The fraction of sp³-hybridized carbons (Fsp3) is 0.333. The highest BCUT2D eigenvalue weighted by Crippen LogP contribution is 2.19. The summed E-state index contributed by atoms with van der Waals surface area (Å²) < 4.78 is 0. The number of aliphatic hydroxyl groups excluding tert-OH is 1. The zero-order valence-electron chi connectivity index (χ0n) is 11.2. The van der Waals surface area contributed by atoms with E-state index in [-0.39, 0.29) is 13.0 Å². The molecule has 1 saturated heterocycles. The Labute approximate surface area is 117 Å². The number of hydrogen-bond acceptors (Lipinski definition) is 3. The van der Waals surface area contributed by atoms with Gasteiger partial charge in [0.1, 0.15) is 6.04 Å². The molecule has 0 spiro atoms. The molecule has 106 valence electrons. The molecule has 1 heterocycles. The summed E-state index contributed by atoms with van der Waals surface area (Å²) >= 11 is 0. The number of nitrogens with zero attached hydrogens (tertiary/aromatic N) is 1. The molecule has 2 atom stereocenters. The summed E-state index contributed by atoms with van der Waals surface area (Å²) in [4.78, 5) is 24.2. The first-order valence-electron chi connectivity index (χ1n) is 6.43. The molecule has 0 aliphatic carbocycles. The number of rotatable bonds is 3. The Morgan fingerprint density at radius 1 is 1.30 bits per heavy atom. The summed E-state index contributed by atoms with van der Waals surface area (Å²) in [7, 11) is 0. The van der Waals surface area contributed by atoms with Gasteiger partial charge in [0.2, 0.25) is 5.91 Å². The van der Waals surface area contributed by atoms with Crippen LogP contribution in [-0.4, -0.2) is 45.7 Å². The van der Waals surface area contributed by atoms with Crippen LogP contribution >= 0.6 is 0 Å². The summed E-state index contributed by atoms with van der Waals surface area (Å²) in [6, 6.07) is 6.69. The number of aliphatic carboxylic acids is 1. The second-order valence-electron chi connectivity index (χ2n) is 4.98. The predicted molar refractivity (Wildman–Crippen MR) is 74.0 cm³/mol. The Morgan fingerprint density at radius 2 is 1.95 bits per heavy atom. The maximum Gasteiger partial charge on any atom is 0.326 e. The fourth-order valence-corrected chi connectivity index (χ4v) is 2.23. The second-order valence-corrected chi connectivity index (χ2v) is 4.98. The molecule has 0 aromatic heterocycles. The van der Waals surface area contributed by atoms with Crippen molar-refractivity contribution in [2.45, 2.75) is 25.5 Å². The lowest BCUT2D eigenvalue weighted by atomic mass is 10.1. The molecule has 1 unspecified atom stereocenters. The van der Waals surface area contributed by atoms with E-state index in [1.54, 1.807) is 6.08 Å². The molecule has 5 heteroatoms. The van der Waals surface area contributed by atoms with Gasteiger partial charge in [-0.15, -0.1) is 0 Å². The minimum Gasteiger partial charge on any atom is -0.480 e. The Morgan fingerprint density at radius 3 is 2.55 bits per heavy atom. The number of likely N-dealkylation sites (tertiary alicyclic amines) is 1. The lowest BCUT2D eigenvalue weighted by molar-refractivity contribution is -0.146. The van der Waals surface area contributed by atoms with E-state index in [0.29, 0.717) is 0 Å². The van der Waals surface area contributed by atoms with Crippen molar-refractivity contribution >= 4 is 18.0 Å². The quantitative estimate of drug-likeness (QED) is 0.808. The van der Waals surface area contributed by atoms with E-state index in [9.17, 15) is 14.7 Å². The van der Waals surface area contributed by atoms with E-state index in [0.717, 1.165) is 11.1 Å². The Balaban J connectivity index is 2.07. The predicted octanol–water partition coefficient (Wildman–Crippen LogP) is 1.05. The topological polar surface area (TPSA) is 77.8 Å². The number of carboxylic acids is 1. The van der Waals surface area contributed by atoms with Gasteiger partial charge in [-0.25, -0.2) is 4.79 Å². The van der Waals surface area contributed by atoms with Gasteiger partial charge in [0.05, 0.1) is 6.10 Å². The molecular formula is C15H17NO4. The van der Waals surface area contributed by atoms with Crippen LogP contribution in [0.4, 0.5) is 0 Å². The average molecular weight is 275 g/mol. The van der Waals surface area contributed by atoms with Gasteiger partial charge < -0.3 is 15.1 Å². The smallest absolute Gasteiger partial charge is 0.326 e. The van der Waals surface area contributed by atoms with Crippen LogP contribution in [0.5, 0.6) is 0 Å². The zero-order chi connectivity index (χ0) is 14.7. The van der Waals surface area contributed by atoms with E-state index in [4.69, 9.17) is 5.11 Å². The molecule has 20 heavy (non-hydrogen) atoms. The van der Waals surface area contributed by atoms with Crippen LogP contribution in [0, 0.1) is 6.92 Å². The first kappa shape index (κ1) is 14.3. The highest BCUT2D eigenvalue weighted by Gasteiger charge is 2.37. The first-order chi connectivity index (χ1) is 9.47. The minimum atomic E-state index is -1.08. The monoisotopic (exact) mass is 275 g/mol. The molecule has 1 aromatic carbocycles. The lowest BCUT2D eigenvalue weighted by Gasteiger charge is -2.19. The van der Waals surface area contributed by atoms with Gasteiger partial charge in [0.15, 0.2) is 0 Å². The lowest BCUT2D eigenvalue weighted by Crippen LogP contribution is -2.39. The van der Waals surface area contributed by atoms with Crippen LogP contribution < -0.4 is 0 Å². The molecule has 0 radical (unpaired) electrons. The number of aliphatic hydroxyl groups is 1. The van der Waals surface area contributed by atoms with Crippen molar-refractivity contribution < 1.29 is 19.8 Å². The van der Waals surface area contributed by atoms with Crippen LogP contribution in [0.15, 0.2) is 30.3 Å². The summed E-state index contributed by atoms with van der Waals surface area (Å²) in [5.74, 6) is -1.48. The number of benzene rings is 1. The van der Waals surface area contributed by atoms with Crippen molar-refractivity contribution in [3.63, 3.8) is 0 Å². The Kier molecular flexibility index (Phi) is 4.20.